The molecule has 0 N–H and O–H groups in total. The van der Waals surface area contributed by atoms with Crippen molar-refractivity contribution in [3.8, 4) is 5.75 Å². The first-order valence-electron chi connectivity index (χ1n) is 9.51. The third-order valence-corrected chi connectivity index (χ3v) is 6.60. The van der Waals surface area contributed by atoms with Crippen LogP contribution in [0.15, 0.2) is 23.6 Å². The molecule has 1 saturated heterocycles. The van der Waals surface area contributed by atoms with E-state index in [1.54, 1.807) is 11.3 Å². The Labute approximate surface area is 161 Å². The zero-order valence-electron chi connectivity index (χ0n) is 15.3. The van der Waals surface area contributed by atoms with Gasteiger partial charge in [0.2, 0.25) is 0 Å². The Morgan fingerprint density at radius 3 is 2.74 bits per heavy atom. The highest BCUT2D eigenvalue weighted by molar-refractivity contribution is 7.10. The maximum Gasteiger partial charge on any atom is 0.254 e. The summed E-state index contributed by atoms with van der Waals surface area (Å²) in [5.74, 6) is -0.434. The second-order valence-corrected chi connectivity index (χ2v) is 8.55. The van der Waals surface area contributed by atoms with Crippen LogP contribution in [0.2, 0.25) is 0 Å². The summed E-state index contributed by atoms with van der Waals surface area (Å²) in [6, 6.07) is 3.34. The molecule has 1 unspecified atom stereocenters. The number of hydrogen-bond acceptors (Lipinski definition) is 3. The number of carbonyl (C=O) groups excluding carboxylic acids is 1. The molecule has 0 bridgehead atoms. The molecule has 0 saturated carbocycles. The van der Waals surface area contributed by atoms with Gasteiger partial charge >= 0.3 is 0 Å². The molecule has 2 aromatic rings. The summed E-state index contributed by atoms with van der Waals surface area (Å²) >= 11 is 1.71. The van der Waals surface area contributed by atoms with Crippen molar-refractivity contribution in [2.75, 3.05) is 13.1 Å². The lowest BCUT2D eigenvalue weighted by Gasteiger charge is -2.32. The molecule has 2 heterocycles. The van der Waals surface area contributed by atoms with Crippen molar-refractivity contribution >= 4 is 17.2 Å². The van der Waals surface area contributed by atoms with Crippen LogP contribution < -0.4 is 4.74 Å². The molecule has 1 amide bonds. The van der Waals surface area contributed by atoms with Crippen LogP contribution in [-0.4, -0.2) is 30.0 Å². The van der Waals surface area contributed by atoms with Gasteiger partial charge in [0.25, 0.3) is 5.91 Å². The standard InChI is InChI=1S/C21H23F2NO2S/c1-13-2-4-16-17(12-27-20(16)10-13)21(25)24-8-6-15(7-9-24)26-19-5-3-14(22)11-18(19)23/h3,5,11-13,15H,2,4,6-10H2,1H3. The number of carbonyl (C=O) groups is 1. The number of fused-ring (bicyclic) bond motifs is 1. The van der Waals surface area contributed by atoms with Crippen LogP contribution in [0.25, 0.3) is 0 Å². The molecule has 1 fully saturated rings. The summed E-state index contributed by atoms with van der Waals surface area (Å²) in [7, 11) is 0. The molecule has 1 aliphatic carbocycles. The minimum Gasteiger partial charge on any atom is -0.487 e. The number of piperidine rings is 1. The van der Waals surface area contributed by atoms with Crippen molar-refractivity contribution in [2.45, 2.75) is 45.1 Å². The topological polar surface area (TPSA) is 29.5 Å². The summed E-state index contributed by atoms with van der Waals surface area (Å²) in [4.78, 5) is 16.2. The van der Waals surface area contributed by atoms with Crippen molar-refractivity contribution in [1.82, 2.24) is 4.90 Å². The second kappa shape index (κ2) is 7.58. The van der Waals surface area contributed by atoms with Crippen LogP contribution in [0, 0.1) is 17.6 Å². The molecular formula is C21H23F2NO2S. The van der Waals surface area contributed by atoms with E-state index in [4.69, 9.17) is 4.74 Å². The first-order valence-corrected chi connectivity index (χ1v) is 10.4. The van der Waals surface area contributed by atoms with E-state index in [-0.39, 0.29) is 17.8 Å². The van der Waals surface area contributed by atoms with Crippen LogP contribution in [0.4, 0.5) is 8.78 Å². The fourth-order valence-electron chi connectivity index (χ4n) is 3.95. The van der Waals surface area contributed by atoms with Gasteiger partial charge in [-0.3, -0.25) is 4.79 Å². The summed E-state index contributed by atoms with van der Waals surface area (Å²) < 4.78 is 32.4. The van der Waals surface area contributed by atoms with Crippen LogP contribution in [0.5, 0.6) is 5.75 Å². The lowest BCUT2D eigenvalue weighted by atomic mass is 9.88. The highest BCUT2D eigenvalue weighted by Gasteiger charge is 2.29. The van der Waals surface area contributed by atoms with E-state index in [0.29, 0.717) is 31.8 Å². The smallest absolute Gasteiger partial charge is 0.254 e. The molecule has 27 heavy (non-hydrogen) atoms. The number of nitrogens with zero attached hydrogens (tertiary/aromatic N) is 1. The quantitative estimate of drug-likeness (QED) is 0.750. The van der Waals surface area contributed by atoms with Gasteiger partial charge < -0.3 is 9.64 Å². The van der Waals surface area contributed by atoms with Crippen LogP contribution in [0.3, 0.4) is 0 Å². The Morgan fingerprint density at radius 2 is 2.00 bits per heavy atom. The number of hydrogen-bond donors (Lipinski definition) is 0. The third kappa shape index (κ3) is 3.86. The van der Waals surface area contributed by atoms with Gasteiger partial charge in [-0.1, -0.05) is 6.92 Å². The van der Waals surface area contributed by atoms with E-state index in [2.05, 4.69) is 6.92 Å². The summed E-state index contributed by atoms with van der Waals surface area (Å²) in [5, 5.41) is 2.02. The number of benzene rings is 1. The van der Waals surface area contributed by atoms with Crippen molar-refractivity contribution in [2.24, 2.45) is 5.92 Å². The van der Waals surface area contributed by atoms with E-state index in [1.165, 1.54) is 22.6 Å². The fraction of sp³-hybridized carbons (Fsp3) is 0.476. The Hall–Kier alpha value is -1.95. The van der Waals surface area contributed by atoms with Gasteiger partial charge in [0.05, 0.1) is 5.56 Å². The average Bonchev–Trinajstić information content (AvgIpc) is 3.07. The molecular weight excluding hydrogens is 368 g/mol. The van der Waals surface area contributed by atoms with Crippen molar-refractivity contribution in [3.05, 3.63) is 51.2 Å². The molecule has 3 nitrogen and oxygen atoms in total. The van der Waals surface area contributed by atoms with Crippen LogP contribution >= 0.6 is 11.3 Å². The van der Waals surface area contributed by atoms with Crippen molar-refractivity contribution < 1.29 is 18.3 Å². The van der Waals surface area contributed by atoms with Crippen LogP contribution in [0.1, 0.15) is 47.0 Å². The predicted octanol–water partition coefficient (Wildman–Crippen LogP) is 4.83. The van der Waals surface area contributed by atoms with Crippen molar-refractivity contribution in [1.29, 1.82) is 0 Å². The van der Waals surface area contributed by atoms with Gasteiger partial charge in [0.1, 0.15) is 11.9 Å². The average molecular weight is 391 g/mol. The summed E-state index contributed by atoms with van der Waals surface area (Å²) in [5.41, 5.74) is 2.11. The van der Waals surface area contributed by atoms with Gasteiger partial charge in [-0.05, 0) is 42.9 Å². The zero-order chi connectivity index (χ0) is 19.0. The second-order valence-electron chi connectivity index (χ2n) is 7.58. The van der Waals surface area contributed by atoms with E-state index >= 15 is 0 Å². The molecule has 0 spiro atoms. The first kappa shape index (κ1) is 18.4. The van der Waals surface area contributed by atoms with Gasteiger partial charge in [0, 0.05) is 42.3 Å². The molecule has 1 aromatic carbocycles. The number of amides is 1. The molecule has 0 radical (unpaired) electrons. The fourth-order valence-corrected chi connectivity index (χ4v) is 5.19. The monoisotopic (exact) mass is 391 g/mol. The first-order chi connectivity index (χ1) is 13.0. The summed E-state index contributed by atoms with van der Waals surface area (Å²) in [6.07, 6.45) is 4.34. The lowest BCUT2D eigenvalue weighted by molar-refractivity contribution is 0.0587. The number of rotatable bonds is 3. The van der Waals surface area contributed by atoms with Gasteiger partial charge in [-0.15, -0.1) is 11.3 Å². The zero-order valence-corrected chi connectivity index (χ0v) is 16.2. The van der Waals surface area contributed by atoms with E-state index in [0.717, 1.165) is 30.9 Å². The van der Waals surface area contributed by atoms with Gasteiger partial charge in [-0.2, -0.15) is 0 Å². The number of likely N-dealkylation sites (tertiary alicyclic amines) is 1. The normalized spacial score (nSPS) is 20.4. The minimum atomic E-state index is -0.687. The third-order valence-electron chi connectivity index (χ3n) is 5.55. The molecule has 4 rings (SSSR count). The summed E-state index contributed by atoms with van der Waals surface area (Å²) in [6.45, 7) is 3.44. The maximum atomic E-state index is 13.8. The van der Waals surface area contributed by atoms with Gasteiger partial charge in [-0.25, -0.2) is 8.78 Å². The number of ether oxygens (including phenoxy) is 1. The maximum absolute atomic E-state index is 13.8. The number of thiophene rings is 1. The highest BCUT2D eigenvalue weighted by atomic mass is 32.1. The van der Waals surface area contributed by atoms with Crippen molar-refractivity contribution in [3.63, 3.8) is 0 Å². The van der Waals surface area contributed by atoms with E-state index in [9.17, 15) is 13.6 Å². The molecule has 1 aliphatic heterocycles. The molecule has 2 aliphatic rings. The van der Waals surface area contributed by atoms with Crippen LogP contribution in [-0.2, 0) is 12.8 Å². The number of halogens is 2. The predicted molar refractivity (Wildman–Crippen MR) is 101 cm³/mol. The molecule has 144 valence electrons. The molecule has 1 atom stereocenters. The Bertz CT molecular complexity index is 843. The Morgan fingerprint density at radius 1 is 1.22 bits per heavy atom. The molecule has 1 aromatic heterocycles. The SMILES string of the molecule is CC1CCc2c(C(=O)N3CCC(Oc4ccc(F)cc4F)CC3)csc2C1. The largest absolute Gasteiger partial charge is 0.487 e. The highest BCUT2D eigenvalue weighted by Crippen LogP contribution is 2.34. The van der Waals surface area contributed by atoms with E-state index < -0.39 is 11.6 Å². The molecule has 6 heteroatoms. The Balaban J connectivity index is 1.37. The minimum absolute atomic E-state index is 0.0715. The Kier molecular flexibility index (Phi) is 5.17. The van der Waals surface area contributed by atoms with Gasteiger partial charge in [0.15, 0.2) is 11.6 Å². The van der Waals surface area contributed by atoms with E-state index in [1.807, 2.05) is 10.3 Å². The lowest BCUT2D eigenvalue weighted by Crippen LogP contribution is -2.42.